The highest BCUT2D eigenvalue weighted by Gasteiger charge is 2.53. The maximum Gasteiger partial charge on any atom is 0.329 e. The summed E-state index contributed by atoms with van der Waals surface area (Å²) in [5, 5.41) is 24.1. The molecule has 18 nitrogen and oxygen atoms in total. The minimum Gasteiger partial charge on any atom is -0.481 e. The van der Waals surface area contributed by atoms with Gasteiger partial charge < -0.3 is 62.5 Å². The van der Waals surface area contributed by atoms with E-state index in [1.54, 1.807) is 41.1 Å². The zero-order valence-corrected chi connectivity index (χ0v) is 52.0. The predicted octanol–water partition coefficient (Wildman–Crippen LogP) is 8.40. The van der Waals surface area contributed by atoms with Crippen LogP contribution in [0.2, 0.25) is 0 Å². The van der Waals surface area contributed by atoms with E-state index in [1.807, 2.05) is 65.0 Å². The molecule has 3 fully saturated rings. The van der Waals surface area contributed by atoms with Gasteiger partial charge in [-0.25, -0.2) is 4.79 Å². The van der Waals surface area contributed by atoms with Gasteiger partial charge >= 0.3 is 5.97 Å². The lowest BCUT2D eigenvalue weighted by atomic mass is 9.78. The van der Waals surface area contributed by atoms with Crippen LogP contribution < -0.4 is 0 Å². The molecule has 2 saturated heterocycles. The quantitative estimate of drug-likeness (QED) is 0.0362. The van der Waals surface area contributed by atoms with Crippen molar-refractivity contribution < 1.29 is 81.6 Å². The molecule has 19 heteroatoms. The highest BCUT2D eigenvalue weighted by atomic mass is 32.1. The van der Waals surface area contributed by atoms with Gasteiger partial charge in [0.25, 0.3) is 11.7 Å². The van der Waals surface area contributed by atoms with E-state index in [2.05, 4.69) is 0 Å². The third kappa shape index (κ3) is 22.4. The van der Waals surface area contributed by atoms with Crippen molar-refractivity contribution >= 4 is 46.5 Å². The number of rotatable bonds is 21. The number of ketones is 3. The van der Waals surface area contributed by atoms with Crippen LogP contribution in [0.4, 0.5) is 0 Å². The van der Waals surface area contributed by atoms with Gasteiger partial charge in [-0.15, -0.1) is 0 Å². The Morgan fingerprint density at radius 1 is 0.793 bits per heavy atom. The van der Waals surface area contributed by atoms with Crippen LogP contribution in [0.5, 0.6) is 0 Å². The molecule has 82 heavy (non-hydrogen) atoms. The van der Waals surface area contributed by atoms with Crippen LogP contribution in [0.25, 0.3) is 0 Å². The van der Waals surface area contributed by atoms with Crippen LogP contribution in [-0.4, -0.2) is 185 Å². The number of aliphatic hydroxyl groups excluding tert-OH is 1. The van der Waals surface area contributed by atoms with Crippen molar-refractivity contribution in [3.8, 4) is 0 Å². The summed E-state index contributed by atoms with van der Waals surface area (Å²) in [6.45, 7) is 18.9. The molecule has 0 unspecified atom stereocenters. The summed E-state index contributed by atoms with van der Waals surface area (Å²) in [7, 11) is 4.61. The van der Waals surface area contributed by atoms with Crippen LogP contribution in [0.1, 0.15) is 145 Å². The Morgan fingerprint density at radius 3 is 2.13 bits per heavy atom. The third-order valence-corrected chi connectivity index (χ3v) is 17.0. The van der Waals surface area contributed by atoms with E-state index < -0.39 is 77.8 Å². The molecule has 0 aromatic carbocycles. The largest absolute Gasteiger partial charge is 0.481 e. The summed E-state index contributed by atoms with van der Waals surface area (Å²) in [4.78, 5) is 72.9. The number of hydrogen-bond donors (Lipinski definition) is 2. The first kappa shape index (κ1) is 70.9. The van der Waals surface area contributed by atoms with Gasteiger partial charge in [0, 0.05) is 78.1 Å². The molecule has 4 aliphatic rings. The average Bonchev–Trinajstić information content (AvgIpc) is 3.40. The number of ether oxygens (including phenoxy) is 10. The van der Waals surface area contributed by atoms with E-state index in [-0.39, 0.29) is 60.9 Å². The van der Waals surface area contributed by atoms with Crippen molar-refractivity contribution in [1.29, 1.82) is 0 Å². The maximum atomic E-state index is 14.7. The topological polar surface area (TPSA) is 221 Å². The lowest BCUT2D eigenvalue weighted by molar-refractivity contribution is -0.265. The summed E-state index contributed by atoms with van der Waals surface area (Å²) in [6.07, 6.45) is 12.8. The predicted molar refractivity (Wildman–Crippen MR) is 315 cm³/mol. The van der Waals surface area contributed by atoms with E-state index >= 15 is 0 Å². The first-order chi connectivity index (χ1) is 39.2. The Hall–Kier alpha value is -3.60. The van der Waals surface area contributed by atoms with E-state index in [4.69, 9.17) is 59.6 Å². The monoisotopic (exact) mass is 1180 g/mol. The number of allylic oxidation sites excluding steroid dienone is 6. The van der Waals surface area contributed by atoms with Crippen LogP contribution in [0, 0.1) is 35.5 Å². The standard InChI is InChI=1S/C63H101NO17S/c1-12-75-29-30-77-33-34-78-32-31-76-28-18-22-56(82)79-52-26-24-48(38-55(52)73-10)37-44(5)54-40-51(65)43(4)36-46(7)58(67)59(74-11)57(66)45(6)35-41(2)19-14-13-15-20-42(3)53(72-9)39-49-25-23-47(8)63(71,81-49)60(68)61(69)64-27-17-16-21-50(64)62(70)80-54/h13-15,19-20,36,41,43-45,47-50,52-55,58-59,67,71H,12,16-18,21-35,37-40H2,1-11H3/b15-13+,19-14+,42-20+,46-36+/t41-,43-,44-,45-,47-,48+,49+,50+,52-,53+,54+,55-,58-,59+,63-/m1/s1. The summed E-state index contributed by atoms with van der Waals surface area (Å²) in [6, 6.07) is -1.16. The minimum absolute atomic E-state index is 0.00599. The lowest BCUT2D eigenvalue weighted by Crippen LogP contribution is -2.61. The maximum absolute atomic E-state index is 14.7. The van der Waals surface area contributed by atoms with Crippen LogP contribution in [-0.2, 0) is 71.3 Å². The molecular formula is C63H101NO17S. The summed E-state index contributed by atoms with van der Waals surface area (Å²) in [5.41, 5.74) is 1.26. The molecule has 2 N–H and O–H groups in total. The van der Waals surface area contributed by atoms with Crippen LogP contribution in [0.15, 0.2) is 47.6 Å². The molecule has 466 valence electrons. The smallest absolute Gasteiger partial charge is 0.329 e. The molecule has 15 atom stereocenters. The molecule has 1 amide bonds. The Labute approximate surface area is 494 Å². The average molecular weight is 1180 g/mol. The first-order valence-corrected chi connectivity index (χ1v) is 30.6. The fourth-order valence-corrected chi connectivity index (χ4v) is 11.9. The molecule has 3 heterocycles. The number of carbonyl (C=O) groups is 5. The number of amides is 1. The molecule has 1 aliphatic carbocycles. The van der Waals surface area contributed by atoms with Crippen LogP contribution >= 0.6 is 12.2 Å². The van der Waals surface area contributed by atoms with Crippen molar-refractivity contribution in [2.75, 3.05) is 80.7 Å². The Balaban J connectivity index is 1.53. The number of carbonyl (C=O) groups excluding carboxylic acids is 5. The number of methoxy groups -OCH3 is 3. The number of piperidine rings is 1. The number of fused-ring (bicyclic) bond motifs is 3. The summed E-state index contributed by atoms with van der Waals surface area (Å²) < 4.78 is 58.4. The van der Waals surface area contributed by atoms with Gasteiger partial charge in [0.2, 0.25) is 5.79 Å². The van der Waals surface area contributed by atoms with Gasteiger partial charge in [-0.2, -0.15) is 0 Å². The van der Waals surface area contributed by atoms with Crippen molar-refractivity contribution in [2.24, 2.45) is 35.5 Å². The lowest BCUT2D eigenvalue weighted by Gasteiger charge is -2.42. The summed E-state index contributed by atoms with van der Waals surface area (Å²) >= 11 is 5.66. The fourth-order valence-electron chi connectivity index (χ4n) is 11.6. The molecule has 0 aromatic heterocycles. The van der Waals surface area contributed by atoms with Gasteiger partial charge in [0.1, 0.15) is 36.2 Å². The van der Waals surface area contributed by atoms with Crippen LogP contribution in [0.3, 0.4) is 0 Å². The molecule has 0 radical (unpaired) electrons. The van der Waals surface area contributed by atoms with Gasteiger partial charge in [0.15, 0.2) is 10.8 Å². The number of aliphatic hydroxyl groups is 2. The van der Waals surface area contributed by atoms with Gasteiger partial charge in [-0.3, -0.25) is 19.2 Å². The highest BCUT2D eigenvalue weighted by Crippen LogP contribution is 2.38. The Bertz CT molecular complexity index is 2130. The number of Topliss-reactive ketones (excluding diaryl/α,β-unsaturated/α-hetero) is 3. The number of esters is 1. The van der Waals surface area contributed by atoms with E-state index in [1.165, 1.54) is 12.0 Å². The van der Waals surface area contributed by atoms with E-state index in [0.717, 1.165) is 12.0 Å². The molecule has 3 aliphatic heterocycles. The van der Waals surface area contributed by atoms with Gasteiger partial charge in [0.05, 0.1) is 58.0 Å². The minimum atomic E-state index is -2.45. The SMILES string of the molecule is CCOCCOCCOCCOCCCC(=S)O[C@@H]1CC[C@@H](C[C@@H](C)[C@@H]2CC(=O)[C@H](C)/C=C(\C)[C@@H](O)[C@@H](OC)C(=O)[C@H](C)C[C@H](C)/C=C/C=C/C=C(\C)[C@@H](OC)C[C@@H]3CC[C@@H](C)[C@@](O)(O3)C(=O)C(=O)N3CCCC[C@H]3C(=O)O2)C[C@H]1OC. The molecular weight excluding hydrogens is 1070 g/mol. The number of thiocarbonyl (C=S) groups is 1. The van der Waals surface area contributed by atoms with Gasteiger partial charge in [-0.1, -0.05) is 71.1 Å². The second-order valence-corrected chi connectivity index (χ2v) is 23.6. The molecule has 2 bridgehead atoms. The highest BCUT2D eigenvalue weighted by molar-refractivity contribution is 7.80. The van der Waals surface area contributed by atoms with Gasteiger partial charge in [-0.05, 0) is 133 Å². The van der Waals surface area contributed by atoms with Crippen molar-refractivity contribution in [3.05, 3.63) is 47.6 Å². The van der Waals surface area contributed by atoms with Crippen molar-refractivity contribution in [2.45, 2.75) is 200 Å². The fraction of sp³-hybridized carbons (Fsp3) is 0.778. The normalized spacial score (nSPS) is 34.4. The summed E-state index contributed by atoms with van der Waals surface area (Å²) in [5.74, 6) is -8.13. The zero-order chi connectivity index (χ0) is 60.4. The molecule has 1 saturated carbocycles. The Morgan fingerprint density at radius 2 is 1.48 bits per heavy atom. The molecule has 4 rings (SSSR count). The van der Waals surface area contributed by atoms with E-state index in [0.29, 0.717) is 134 Å². The molecule has 0 aromatic rings. The second-order valence-electron chi connectivity index (χ2n) is 23.2. The van der Waals surface area contributed by atoms with Crippen molar-refractivity contribution in [3.63, 3.8) is 0 Å². The number of hydrogen-bond acceptors (Lipinski definition) is 18. The first-order valence-electron chi connectivity index (χ1n) is 30.2. The third-order valence-electron chi connectivity index (χ3n) is 16.7. The second kappa shape index (κ2) is 37.1. The van der Waals surface area contributed by atoms with Crippen molar-refractivity contribution in [1.82, 2.24) is 4.90 Å². The number of cyclic esters (lactones) is 1. The molecule has 0 spiro atoms. The number of nitrogens with zero attached hydrogens (tertiary/aromatic N) is 1. The van der Waals surface area contributed by atoms with E-state index in [9.17, 15) is 34.2 Å². The Kier molecular flexibility index (Phi) is 32.0. The zero-order valence-electron chi connectivity index (χ0n) is 51.2.